The number of aliphatic hydroxyl groups excluding tert-OH is 1. The third-order valence-electron chi connectivity index (χ3n) is 6.05. The van der Waals surface area contributed by atoms with Crippen molar-refractivity contribution in [2.75, 3.05) is 12.0 Å². The van der Waals surface area contributed by atoms with E-state index < -0.39 is 11.9 Å². The second kappa shape index (κ2) is 8.89. The van der Waals surface area contributed by atoms with Crippen molar-refractivity contribution >= 4 is 17.8 Å². The van der Waals surface area contributed by atoms with Gasteiger partial charge in [0, 0.05) is 18.1 Å². The van der Waals surface area contributed by atoms with Crippen LogP contribution in [0.1, 0.15) is 46.3 Å². The molecule has 6 nitrogen and oxygen atoms in total. The van der Waals surface area contributed by atoms with E-state index in [1.54, 1.807) is 25.3 Å². The maximum absolute atomic E-state index is 15.1. The number of rotatable bonds is 6. The number of benzene rings is 2. The number of carbonyl (C=O) groups excluding carboxylic acids is 1. The van der Waals surface area contributed by atoms with Gasteiger partial charge < -0.3 is 20.6 Å². The average Bonchev–Trinajstić information content (AvgIpc) is 3.19. The van der Waals surface area contributed by atoms with E-state index in [0.717, 1.165) is 29.7 Å². The predicted molar refractivity (Wildman–Crippen MR) is 117 cm³/mol. The van der Waals surface area contributed by atoms with E-state index in [-0.39, 0.29) is 30.0 Å². The molecule has 1 saturated carbocycles. The normalized spacial score (nSPS) is 20.6. The van der Waals surface area contributed by atoms with Crippen molar-refractivity contribution < 1.29 is 19.0 Å². The number of amides is 1. The minimum absolute atomic E-state index is 0.00696. The number of fused-ring (bicyclic) bond motifs is 1. The Hall–Kier alpha value is -3.19. The molecule has 0 saturated heterocycles. The van der Waals surface area contributed by atoms with Crippen LogP contribution in [-0.2, 0) is 6.42 Å². The molecule has 1 amide bonds. The molecule has 2 aromatic rings. The Bertz CT molecular complexity index is 1020. The summed E-state index contributed by atoms with van der Waals surface area (Å²) in [6.45, 7) is 1.66. The number of hydrogen-bond donors (Lipinski definition) is 3. The van der Waals surface area contributed by atoms with E-state index >= 15 is 4.39 Å². The number of hydrogen-bond acceptors (Lipinski definition) is 5. The second-order valence-corrected chi connectivity index (χ2v) is 8.01. The van der Waals surface area contributed by atoms with Crippen LogP contribution in [0.2, 0.25) is 0 Å². The highest BCUT2D eigenvalue weighted by atomic mass is 19.1. The Labute approximate surface area is 180 Å². The molecule has 0 aromatic heterocycles. The number of anilines is 1. The molecule has 0 radical (unpaired) electrons. The zero-order valence-corrected chi connectivity index (χ0v) is 17.4. The van der Waals surface area contributed by atoms with Gasteiger partial charge in [-0.25, -0.2) is 4.39 Å². The van der Waals surface area contributed by atoms with Crippen molar-refractivity contribution in [1.82, 2.24) is 4.90 Å². The van der Waals surface area contributed by atoms with E-state index in [4.69, 9.17) is 10.1 Å². The molecule has 1 fully saturated rings. The molecule has 2 aromatic carbocycles. The van der Waals surface area contributed by atoms with Crippen LogP contribution in [0.3, 0.4) is 0 Å². The summed E-state index contributed by atoms with van der Waals surface area (Å²) in [5, 5.41) is 20.2. The van der Waals surface area contributed by atoms with E-state index in [9.17, 15) is 9.90 Å². The second-order valence-electron chi connectivity index (χ2n) is 8.01. The van der Waals surface area contributed by atoms with Gasteiger partial charge >= 0.3 is 0 Å². The maximum Gasteiger partial charge on any atom is 0.260 e. The minimum Gasteiger partial charge on any atom is -0.469 e. The molecule has 1 aliphatic heterocycles. The van der Waals surface area contributed by atoms with Crippen LogP contribution < -0.4 is 10.1 Å². The molecule has 4 rings (SSSR count). The van der Waals surface area contributed by atoms with Crippen LogP contribution in [0.25, 0.3) is 0 Å². The van der Waals surface area contributed by atoms with Crippen LogP contribution in [0, 0.1) is 18.2 Å². The van der Waals surface area contributed by atoms with Crippen molar-refractivity contribution in [3.63, 3.8) is 0 Å². The van der Waals surface area contributed by atoms with Gasteiger partial charge in [-0.15, -0.1) is 0 Å². The summed E-state index contributed by atoms with van der Waals surface area (Å²) in [7, 11) is 0. The Morgan fingerprint density at radius 3 is 2.77 bits per heavy atom. The topological polar surface area (TPSA) is 85.7 Å². The number of halogens is 1. The molecule has 1 aliphatic carbocycles. The third kappa shape index (κ3) is 4.18. The smallest absolute Gasteiger partial charge is 0.260 e. The number of ether oxygens (including phenoxy) is 1. The lowest BCUT2D eigenvalue weighted by atomic mass is 9.95. The first-order chi connectivity index (χ1) is 15.0. The summed E-state index contributed by atoms with van der Waals surface area (Å²) >= 11 is 0. The number of aliphatic hydroxyl groups is 1. The van der Waals surface area contributed by atoms with Crippen LogP contribution in [-0.4, -0.2) is 41.0 Å². The fraction of sp³-hybridized carbons (Fsp3) is 0.333. The summed E-state index contributed by atoms with van der Waals surface area (Å²) in [5.41, 5.74) is 3.28. The summed E-state index contributed by atoms with van der Waals surface area (Å²) in [6.07, 6.45) is 6.60. The monoisotopic (exact) mass is 423 g/mol. The van der Waals surface area contributed by atoms with Gasteiger partial charge in [0.15, 0.2) is 18.3 Å². The number of carbonyl (C=O) groups is 1. The Kier molecular flexibility index (Phi) is 6.04. The first-order valence-electron chi connectivity index (χ1n) is 10.4. The summed E-state index contributed by atoms with van der Waals surface area (Å²) in [6, 6.07) is 9.14. The van der Waals surface area contributed by atoms with Gasteiger partial charge in [0.2, 0.25) is 0 Å². The highest BCUT2D eigenvalue weighted by molar-refractivity contribution is 5.98. The summed E-state index contributed by atoms with van der Waals surface area (Å²) in [5.74, 6) is -0.778. The highest BCUT2D eigenvalue weighted by Crippen LogP contribution is 2.36. The molecule has 1 heterocycles. The van der Waals surface area contributed by atoms with Crippen molar-refractivity contribution in [3.05, 3.63) is 70.7 Å². The Morgan fingerprint density at radius 1 is 1.32 bits per heavy atom. The summed E-state index contributed by atoms with van der Waals surface area (Å²) < 4.78 is 20.7. The van der Waals surface area contributed by atoms with Gasteiger partial charge in [-0.3, -0.25) is 9.69 Å². The molecule has 2 aliphatic rings. The maximum atomic E-state index is 15.1. The van der Waals surface area contributed by atoms with Crippen molar-refractivity contribution in [2.24, 2.45) is 0 Å². The van der Waals surface area contributed by atoms with E-state index in [0.29, 0.717) is 18.4 Å². The fourth-order valence-corrected chi connectivity index (χ4v) is 4.27. The van der Waals surface area contributed by atoms with E-state index in [1.165, 1.54) is 11.1 Å². The predicted octanol–water partition coefficient (Wildman–Crippen LogP) is 4.01. The van der Waals surface area contributed by atoms with Crippen LogP contribution in [0.5, 0.6) is 5.75 Å². The SMILES string of the molecule is Cc1c(Cc2ccc(N/C=C\C=N)cc2)cc2c(c1F)OCN(C1CCC[C@@H]1O)C2=O. The molecule has 0 bridgehead atoms. The van der Waals surface area contributed by atoms with Crippen molar-refractivity contribution in [3.8, 4) is 5.75 Å². The van der Waals surface area contributed by atoms with Crippen LogP contribution >= 0.6 is 0 Å². The molecule has 31 heavy (non-hydrogen) atoms. The quantitative estimate of drug-likeness (QED) is 0.613. The number of nitrogens with zero attached hydrogens (tertiary/aromatic N) is 1. The van der Waals surface area contributed by atoms with E-state index in [2.05, 4.69) is 5.32 Å². The molecule has 0 spiro atoms. The summed E-state index contributed by atoms with van der Waals surface area (Å²) in [4.78, 5) is 14.7. The molecule has 3 N–H and O–H groups in total. The average molecular weight is 423 g/mol. The first kappa shape index (κ1) is 21.1. The zero-order chi connectivity index (χ0) is 22.0. The standard InChI is InChI=1S/C24H26FN3O3/c1-15-17(12-16-6-8-18(9-7-16)27-11-3-10-26)13-19-23(22(15)25)31-14-28(24(19)30)20-4-2-5-21(20)29/h3,6-11,13,20-21,26-27,29H,2,4-5,12,14H2,1H3/b11-3-,26-10?/t20?,21-/m0/s1. The molecular formula is C24H26FN3O3. The highest BCUT2D eigenvalue weighted by Gasteiger charge is 2.39. The molecular weight excluding hydrogens is 397 g/mol. The van der Waals surface area contributed by atoms with Crippen LogP contribution in [0.15, 0.2) is 42.6 Å². The molecule has 2 atom stereocenters. The Morgan fingerprint density at radius 2 is 2.10 bits per heavy atom. The van der Waals surface area contributed by atoms with Gasteiger partial charge in [-0.1, -0.05) is 12.1 Å². The Balaban J connectivity index is 1.58. The zero-order valence-electron chi connectivity index (χ0n) is 17.4. The van der Waals surface area contributed by atoms with E-state index in [1.807, 2.05) is 24.3 Å². The van der Waals surface area contributed by atoms with Gasteiger partial charge in [0.05, 0.1) is 17.7 Å². The lowest BCUT2D eigenvalue weighted by molar-refractivity contribution is 0.0115. The molecule has 7 heteroatoms. The molecule has 162 valence electrons. The number of allylic oxidation sites excluding steroid dienone is 1. The number of nitrogens with one attached hydrogen (secondary N) is 2. The van der Waals surface area contributed by atoms with Gasteiger partial charge in [0.25, 0.3) is 5.91 Å². The van der Waals surface area contributed by atoms with Crippen molar-refractivity contribution in [1.29, 1.82) is 5.41 Å². The lowest BCUT2D eigenvalue weighted by Crippen LogP contribution is -2.48. The molecule has 1 unspecified atom stereocenters. The largest absolute Gasteiger partial charge is 0.469 e. The minimum atomic E-state index is -0.565. The lowest BCUT2D eigenvalue weighted by Gasteiger charge is -2.35. The van der Waals surface area contributed by atoms with Crippen LogP contribution in [0.4, 0.5) is 10.1 Å². The van der Waals surface area contributed by atoms with Gasteiger partial charge in [0.1, 0.15) is 0 Å². The fourth-order valence-electron chi connectivity index (χ4n) is 4.27. The van der Waals surface area contributed by atoms with Crippen molar-refractivity contribution in [2.45, 2.75) is 44.8 Å². The third-order valence-corrected chi connectivity index (χ3v) is 6.05. The van der Waals surface area contributed by atoms with Gasteiger partial charge in [-0.2, -0.15) is 0 Å². The van der Waals surface area contributed by atoms with Gasteiger partial charge in [-0.05, 0) is 73.6 Å². The first-order valence-corrected chi connectivity index (χ1v) is 10.4.